The van der Waals surface area contributed by atoms with Gasteiger partial charge >= 0.3 is 0 Å². The van der Waals surface area contributed by atoms with Gasteiger partial charge in [0.25, 0.3) is 0 Å². The molecule has 0 spiro atoms. The topological polar surface area (TPSA) is 29.3 Å². The monoisotopic (exact) mass is 544 g/mol. The van der Waals surface area contributed by atoms with Gasteiger partial charge in [0.15, 0.2) is 0 Å². The molecule has 0 aliphatic rings. The number of nitrogens with zero attached hydrogens (tertiary/aromatic N) is 2. The van der Waals surface area contributed by atoms with Crippen LogP contribution in [-0.4, -0.2) is 4.98 Å². The van der Waals surface area contributed by atoms with E-state index in [2.05, 4.69) is 126 Å². The molecule has 0 aliphatic carbocycles. The van der Waals surface area contributed by atoms with E-state index in [0.29, 0.717) is 0 Å². The fourth-order valence-corrected chi connectivity index (χ4v) is 6.66. The molecular weight excluding hydrogens is 520 g/mol. The molecule has 2 heterocycles. The maximum Gasteiger partial charge on any atom is 0.137 e. The molecule has 0 atom stereocenters. The summed E-state index contributed by atoms with van der Waals surface area (Å²) in [6.07, 6.45) is 0. The zero-order valence-electron chi connectivity index (χ0n) is 22.1. The summed E-state index contributed by atoms with van der Waals surface area (Å²) in [4.78, 5) is 7.22. The number of thiazole rings is 1. The third-order valence-electron chi connectivity index (χ3n) is 7.50. The molecule has 0 saturated heterocycles. The van der Waals surface area contributed by atoms with Gasteiger partial charge < -0.3 is 9.32 Å². The molecule has 0 unspecified atom stereocenters. The van der Waals surface area contributed by atoms with Crippen LogP contribution in [0, 0.1) is 0 Å². The summed E-state index contributed by atoms with van der Waals surface area (Å²) < 4.78 is 7.62. The maximum absolute atomic E-state index is 6.47. The molecule has 8 aromatic rings. The molecule has 8 rings (SSSR count). The molecule has 0 bridgehead atoms. The van der Waals surface area contributed by atoms with Gasteiger partial charge in [-0.15, -0.1) is 11.3 Å². The fourth-order valence-electron chi connectivity index (χ4n) is 5.54. The Balaban J connectivity index is 1.25. The van der Waals surface area contributed by atoms with Crippen LogP contribution in [-0.2, 0) is 0 Å². The first-order valence-corrected chi connectivity index (χ1v) is 14.5. The van der Waals surface area contributed by atoms with Crippen LogP contribution in [0.2, 0.25) is 0 Å². The summed E-state index contributed by atoms with van der Waals surface area (Å²) in [7, 11) is 0. The maximum atomic E-state index is 6.47. The third-order valence-corrected chi connectivity index (χ3v) is 8.64. The zero-order chi connectivity index (χ0) is 27.2. The van der Waals surface area contributed by atoms with E-state index >= 15 is 0 Å². The zero-order valence-corrected chi connectivity index (χ0v) is 22.9. The minimum absolute atomic E-state index is 0.862. The predicted octanol–water partition coefficient (Wildman–Crippen LogP) is 11.0. The third kappa shape index (κ3) is 4.17. The molecular formula is C37H24N2OS. The van der Waals surface area contributed by atoms with Crippen molar-refractivity contribution in [1.82, 2.24) is 4.98 Å². The normalized spacial score (nSPS) is 11.4. The van der Waals surface area contributed by atoms with E-state index in [0.717, 1.165) is 59.8 Å². The van der Waals surface area contributed by atoms with Gasteiger partial charge in [0.05, 0.1) is 10.2 Å². The number of aromatic nitrogens is 1. The quantitative estimate of drug-likeness (QED) is 0.216. The van der Waals surface area contributed by atoms with Crippen molar-refractivity contribution in [3.05, 3.63) is 146 Å². The minimum Gasteiger partial charge on any atom is -0.456 e. The van der Waals surface area contributed by atoms with Gasteiger partial charge in [-0.1, -0.05) is 91.0 Å². The molecule has 0 N–H and O–H groups in total. The number of anilines is 3. The molecule has 0 radical (unpaired) electrons. The van der Waals surface area contributed by atoms with Gasteiger partial charge in [0.1, 0.15) is 16.2 Å². The largest absolute Gasteiger partial charge is 0.456 e. The number of furan rings is 1. The van der Waals surface area contributed by atoms with Crippen molar-refractivity contribution in [2.24, 2.45) is 0 Å². The molecule has 41 heavy (non-hydrogen) atoms. The Hall–Kier alpha value is -5.19. The van der Waals surface area contributed by atoms with Crippen molar-refractivity contribution >= 4 is 60.6 Å². The van der Waals surface area contributed by atoms with Crippen LogP contribution in [0.3, 0.4) is 0 Å². The Morgan fingerprint density at radius 3 is 1.85 bits per heavy atom. The summed E-state index contributed by atoms with van der Waals surface area (Å²) in [5.41, 5.74) is 9.49. The van der Waals surface area contributed by atoms with E-state index in [9.17, 15) is 0 Å². The second-order valence-electron chi connectivity index (χ2n) is 10.0. The standard InChI is InChI=1S/C37H24N2OS/c1-4-10-25(11-5-1)26-16-18-29(19-17-26)39(28-14-8-3-9-15-28)30-20-21-31-34(24-30)40-33-23-22-32-36(35(31)33)41-37(38-32)27-12-6-2-7-13-27/h1-24H. The van der Waals surface area contributed by atoms with Crippen molar-refractivity contribution in [2.75, 3.05) is 4.90 Å². The van der Waals surface area contributed by atoms with Gasteiger partial charge in [-0.05, 0) is 59.7 Å². The number of fused-ring (bicyclic) bond motifs is 5. The number of hydrogen-bond donors (Lipinski definition) is 0. The second kappa shape index (κ2) is 9.77. The van der Waals surface area contributed by atoms with Crippen molar-refractivity contribution < 1.29 is 4.42 Å². The molecule has 0 aliphatic heterocycles. The molecule has 194 valence electrons. The molecule has 6 aromatic carbocycles. The van der Waals surface area contributed by atoms with Crippen LogP contribution in [0.1, 0.15) is 0 Å². The predicted molar refractivity (Wildman–Crippen MR) is 172 cm³/mol. The minimum atomic E-state index is 0.862. The van der Waals surface area contributed by atoms with Crippen LogP contribution in [0.5, 0.6) is 0 Å². The van der Waals surface area contributed by atoms with E-state index < -0.39 is 0 Å². The highest BCUT2D eigenvalue weighted by Crippen LogP contribution is 2.42. The lowest BCUT2D eigenvalue weighted by Gasteiger charge is -2.25. The van der Waals surface area contributed by atoms with Gasteiger partial charge in [-0.2, -0.15) is 0 Å². The van der Waals surface area contributed by atoms with Crippen LogP contribution < -0.4 is 4.90 Å². The number of benzene rings is 6. The lowest BCUT2D eigenvalue weighted by atomic mass is 10.0. The SMILES string of the molecule is c1ccc(-c2ccc(N(c3ccccc3)c3ccc4c(c3)oc3ccc5nc(-c6ccccc6)sc5c34)cc2)cc1. The first kappa shape index (κ1) is 23.7. The lowest BCUT2D eigenvalue weighted by molar-refractivity contribution is 0.669. The summed E-state index contributed by atoms with van der Waals surface area (Å²) in [6.45, 7) is 0. The fraction of sp³-hybridized carbons (Fsp3) is 0. The van der Waals surface area contributed by atoms with Gasteiger partial charge in [0.2, 0.25) is 0 Å². The van der Waals surface area contributed by atoms with E-state index in [4.69, 9.17) is 9.40 Å². The molecule has 0 amide bonds. The summed E-state index contributed by atoms with van der Waals surface area (Å²) in [5, 5.41) is 3.25. The molecule has 0 fully saturated rings. The van der Waals surface area contributed by atoms with Gasteiger partial charge in [-0.25, -0.2) is 4.98 Å². The summed E-state index contributed by atoms with van der Waals surface area (Å²) >= 11 is 1.72. The second-order valence-corrected chi connectivity index (χ2v) is 11.0. The van der Waals surface area contributed by atoms with Crippen LogP contribution in [0.15, 0.2) is 150 Å². The van der Waals surface area contributed by atoms with Crippen molar-refractivity contribution in [2.45, 2.75) is 0 Å². The Bertz CT molecular complexity index is 2130. The molecule has 0 saturated carbocycles. The van der Waals surface area contributed by atoms with E-state index in [1.54, 1.807) is 11.3 Å². The van der Waals surface area contributed by atoms with Gasteiger partial charge in [-0.3, -0.25) is 0 Å². The lowest BCUT2D eigenvalue weighted by Crippen LogP contribution is -2.09. The highest BCUT2D eigenvalue weighted by atomic mass is 32.1. The van der Waals surface area contributed by atoms with Crippen LogP contribution >= 0.6 is 11.3 Å². The van der Waals surface area contributed by atoms with Crippen molar-refractivity contribution in [1.29, 1.82) is 0 Å². The average molecular weight is 545 g/mol. The average Bonchev–Trinajstić information content (AvgIpc) is 3.64. The van der Waals surface area contributed by atoms with Crippen LogP contribution in [0.4, 0.5) is 17.1 Å². The number of para-hydroxylation sites is 1. The highest BCUT2D eigenvalue weighted by Gasteiger charge is 2.18. The highest BCUT2D eigenvalue weighted by molar-refractivity contribution is 7.22. The van der Waals surface area contributed by atoms with E-state index in [-0.39, 0.29) is 0 Å². The first-order valence-electron chi connectivity index (χ1n) is 13.6. The number of hydrogen-bond acceptors (Lipinski definition) is 4. The summed E-state index contributed by atoms with van der Waals surface area (Å²) in [5.74, 6) is 0. The summed E-state index contributed by atoms with van der Waals surface area (Å²) in [6, 6.07) is 50.7. The smallest absolute Gasteiger partial charge is 0.137 e. The van der Waals surface area contributed by atoms with E-state index in [1.807, 2.05) is 24.3 Å². The van der Waals surface area contributed by atoms with Crippen LogP contribution in [0.25, 0.3) is 53.9 Å². The Morgan fingerprint density at radius 2 is 1.12 bits per heavy atom. The first-order chi connectivity index (χ1) is 20.3. The molecule has 3 nitrogen and oxygen atoms in total. The Kier molecular flexibility index (Phi) is 5.64. The van der Waals surface area contributed by atoms with Crippen molar-refractivity contribution in [3.63, 3.8) is 0 Å². The molecule has 2 aromatic heterocycles. The van der Waals surface area contributed by atoms with Crippen molar-refractivity contribution in [3.8, 4) is 21.7 Å². The number of rotatable bonds is 5. The Labute approximate surface area is 241 Å². The Morgan fingerprint density at radius 1 is 0.512 bits per heavy atom. The van der Waals surface area contributed by atoms with Gasteiger partial charge in [0, 0.05) is 39.5 Å². The molecule has 4 heteroatoms. The van der Waals surface area contributed by atoms with E-state index in [1.165, 1.54) is 11.1 Å².